The van der Waals surface area contributed by atoms with E-state index in [0.29, 0.717) is 23.2 Å². The van der Waals surface area contributed by atoms with Crippen molar-refractivity contribution in [2.45, 2.75) is 19.6 Å². The van der Waals surface area contributed by atoms with E-state index in [1.807, 2.05) is 35.0 Å². The van der Waals surface area contributed by atoms with Crippen molar-refractivity contribution >= 4 is 0 Å². The molecule has 2 heterocycles. The molecule has 1 aromatic heterocycles. The molecule has 2 aromatic rings. The Hall–Kier alpha value is -1.84. The van der Waals surface area contributed by atoms with E-state index < -0.39 is 11.7 Å². The van der Waals surface area contributed by atoms with Gasteiger partial charge in [0.05, 0.1) is 11.1 Å². The van der Waals surface area contributed by atoms with Gasteiger partial charge in [-0.1, -0.05) is 0 Å². The van der Waals surface area contributed by atoms with E-state index in [1.165, 1.54) is 6.07 Å². The van der Waals surface area contributed by atoms with Crippen LogP contribution in [0.2, 0.25) is 0 Å². The van der Waals surface area contributed by atoms with Crippen molar-refractivity contribution in [3.05, 3.63) is 53.2 Å². The van der Waals surface area contributed by atoms with Gasteiger partial charge in [-0.25, -0.2) is 0 Å². The topological polar surface area (TPSA) is 3.88 Å². The molecule has 3 rings (SSSR count). The van der Waals surface area contributed by atoms with Crippen LogP contribution in [-0.2, 0) is 12.7 Å². The Morgan fingerprint density at radius 3 is 2.67 bits per heavy atom. The van der Waals surface area contributed by atoms with Crippen molar-refractivity contribution in [2.75, 3.05) is 0 Å². The highest BCUT2D eigenvalue weighted by atomic mass is 19.4. The van der Waals surface area contributed by atoms with Crippen LogP contribution in [0.25, 0.3) is 11.3 Å². The molecule has 0 unspecified atom stereocenters. The first-order valence-corrected chi connectivity index (χ1v) is 5.66. The lowest BCUT2D eigenvalue weighted by molar-refractivity contribution is -0.672. The number of rotatable bonds is 0. The fourth-order valence-electron chi connectivity index (χ4n) is 2.50. The number of aromatic nitrogens is 1. The van der Waals surface area contributed by atoms with Gasteiger partial charge in [0.2, 0.25) is 5.69 Å². The molecule has 0 fully saturated rings. The average molecular weight is 250 g/mol. The number of fused-ring (bicyclic) bond motifs is 3. The van der Waals surface area contributed by atoms with Crippen LogP contribution in [0.3, 0.4) is 0 Å². The lowest BCUT2D eigenvalue weighted by Crippen LogP contribution is -2.31. The van der Waals surface area contributed by atoms with E-state index in [-0.39, 0.29) is 0 Å². The standard InChI is InChI=1S/C14H11F3N/c1-9-6-10-11(12(7-9)14(15,16)17)8-18-5-3-2-4-13(10)18/h2-7H,8H2,1H3/q+1. The Kier molecular flexibility index (Phi) is 2.24. The van der Waals surface area contributed by atoms with Gasteiger partial charge < -0.3 is 0 Å². The molecule has 92 valence electrons. The van der Waals surface area contributed by atoms with Gasteiger partial charge in [0.1, 0.15) is 0 Å². The molecular formula is C14H11F3N+. The zero-order valence-corrected chi connectivity index (χ0v) is 9.75. The number of hydrogen-bond donors (Lipinski definition) is 0. The van der Waals surface area contributed by atoms with Gasteiger partial charge in [0.15, 0.2) is 12.7 Å². The SMILES string of the molecule is Cc1cc2c(c(C(F)(F)F)c1)C[n+]1ccccc1-2. The predicted molar refractivity (Wildman–Crippen MR) is 60.9 cm³/mol. The highest BCUT2D eigenvalue weighted by Gasteiger charge is 2.39. The third kappa shape index (κ3) is 1.60. The molecule has 18 heavy (non-hydrogen) atoms. The van der Waals surface area contributed by atoms with Crippen LogP contribution in [0.5, 0.6) is 0 Å². The van der Waals surface area contributed by atoms with Crippen LogP contribution in [-0.4, -0.2) is 0 Å². The molecular weight excluding hydrogens is 239 g/mol. The molecule has 0 amide bonds. The Labute approximate surface area is 103 Å². The van der Waals surface area contributed by atoms with Gasteiger partial charge in [0.25, 0.3) is 0 Å². The summed E-state index contributed by atoms with van der Waals surface area (Å²) in [4.78, 5) is 0. The number of aryl methyl sites for hydroxylation is 1. The van der Waals surface area contributed by atoms with Crippen LogP contribution in [0.1, 0.15) is 16.7 Å². The molecule has 4 heteroatoms. The molecule has 0 saturated heterocycles. The third-order valence-electron chi connectivity index (χ3n) is 3.24. The second kappa shape index (κ2) is 3.57. The maximum absolute atomic E-state index is 13.0. The molecule has 0 aliphatic carbocycles. The number of pyridine rings is 1. The minimum absolute atomic E-state index is 0.292. The summed E-state index contributed by atoms with van der Waals surface area (Å²) >= 11 is 0. The maximum Gasteiger partial charge on any atom is 0.416 e. The second-order valence-electron chi connectivity index (χ2n) is 4.55. The Morgan fingerprint density at radius 2 is 1.94 bits per heavy atom. The molecule has 0 bridgehead atoms. The first-order chi connectivity index (χ1) is 8.47. The molecule has 0 spiro atoms. The highest BCUT2D eigenvalue weighted by molar-refractivity contribution is 5.66. The summed E-state index contributed by atoms with van der Waals surface area (Å²) in [5.41, 5.74) is 2.04. The monoisotopic (exact) mass is 250 g/mol. The summed E-state index contributed by atoms with van der Waals surface area (Å²) in [6.45, 7) is 1.99. The van der Waals surface area contributed by atoms with E-state index in [2.05, 4.69) is 0 Å². The fraction of sp³-hybridized carbons (Fsp3) is 0.214. The lowest BCUT2D eigenvalue weighted by Gasteiger charge is -2.10. The fourth-order valence-corrected chi connectivity index (χ4v) is 2.50. The zero-order valence-electron chi connectivity index (χ0n) is 9.75. The molecule has 0 saturated carbocycles. The van der Waals surface area contributed by atoms with E-state index in [9.17, 15) is 13.2 Å². The first-order valence-electron chi connectivity index (χ1n) is 5.66. The Morgan fingerprint density at radius 1 is 1.17 bits per heavy atom. The highest BCUT2D eigenvalue weighted by Crippen LogP contribution is 2.39. The van der Waals surface area contributed by atoms with Gasteiger partial charge in [0, 0.05) is 17.7 Å². The molecule has 0 N–H and O–H groups in total. The van der Waals surface area contributed by atoms with Crippen molar-refractivity contribution in [1.29, 1.82) is 0 Å². The molecule has 0 atom stereocenters. The van der Waals surface area contributed by atoms with Crippen molar-refractivity contribution in [1.82, 2.24) is 0 Å². The number of hydrogen-bond acceptors (Lipinski definition) is 0. The number of benzene rings is 1. The number of nitrogens with zero attached hydrogens (tertiary/aromatic N) is 1. The van der Waals surface area contributed by atoms with Crippen molar-refractivity contribution in [3.8, 4) is 11.3 Å². The lowest BCUT2D eigenvalue weighted by atomic mass is 9.98. The molecule has 1 aliphatic heterocycles. The van der Waals surface area contributed by atoms with Crippen LogP contribution < -0.4 is 4.57 Å². The smallest absolute Gasteiger partial charge is 0.194 e. The largest absolute Gasteiger partial charge is 0.416 e. The zero-order chi connectivity index (χ0) is 12.9. The normalized spacial score (nSPS) is 13.3. The Bertz CT molecular complexity index is 629. The van der Waals surface area contributed by atoms with Gasteiger partial charge in [-0.3, -0.25) is 0 Å². The van der Waals surface area contributed by atoms with Gasteiger partial charge in [-0.15, -0.1) is 0 Å². The molecule has 1 aromatic carbocycles. The van der Waals surface area contributed by atoms with Crippen LogP contribution in [0, 0.1) is 6.92 Å². The van der Waals surface area contributed by atoms with Crippen LogP contribution >= 0.6 is 0 Å². The van der Waals surface area contributed by atoms with Crippen LogP contribution in [0.15, 0.2) is 36.5 Å². The van der Waals surface area contributed by atoms with E-state index in [4.69, 9.17) is 0 Å². The van der Waals surface area contributed by atoms with E-state index in [0.717, 1.165) is 5.69 Å². The molecule has 0 radical (unpaired) electrons. The quantitative estimate of drug-likeness (QED) is 0.539. The first kappa shape index (κ1) is 11.3. The molecule has 1 aliphatic rings. The van der Waals surface area contributed by atoms with Crippen molar-refractivity contribution < 1.29 is 17.7 Å². The van der Waals surface area contributed by atoms with Crippen molar-refractivity contribution in [2.24, 2.45) is 0 Å². The second-order valence-corrected chi connectivity index (χ2v) is 4.55. The summed E-state index contributed by atoms with van der Waals surface area (Å²) < 4.78 is 41.0. The average Bonchev–Trinajstić information content (AvgIpc) is 2.65. The molecule has 1 nitrogen and oxygen atoms in total. The summed E-state index contributed by atoms with van der Waals surface area (Å²) in [6, 6.07) is 8.58. The van der Waals surface area contributed by atoms with Crippen molar-refractivity contribution in [3.63, 3.8) is 0 Å². The maximum atomic E-state index is 13.0. The van der Waals surface area contributed by atoms with Gasteiger partial charge in [-0.2, -0.15) is 17.7 Å². The third-order valence-corrected chi connectivity index (χ3v) is 3.24. The van der Waals surface area contributed by atoms with Crippen LogP contribution in [0.4, 0.5) is 13.2 Å². The minimum Gasteiger partial charge on any atom is -0.194 e. The minimum atomic E-state index is -4.29. The number of alkyl halides is 3. The summed E-state index contributed by atoms with van der Waals surface area (Å²) in [5.74, 6) is 0. The predicted octanol–water partition coefficient (Wildman–Crippen LogP) is 3.33. The van der Waals surface area contributed by atoms with E-state index >= 15 is 0 Å². The Balaban J connectivity index is 2.29. The van der Waals surface area contributed by atoms with E-state index in [1.54, 1.807) is 6.92 Å². The summed E-state index contributed by atoms with van der Waals surface area (Å²) in [5, 5.41) is 0. The summed E-state index contributed by atoms with van der Waals surface area (Å²) in [7, 11) is 0. The van der Waals surface area contributed by atoms with Gasteiger partial charge >= 0.3 is 6.18 Å². The summed E-state index contributed by atoms with van der Waals surface area (Å²) in [6.07, 6.45) is -2.48. The van der Waals surface area contributed by atoms with Gasteiger partial charge in [-0.05, 0) is 30.7 Å². The number of halogens is 3.